The Labute approximate surface area is 218 Å². The molecule has 2 fully saturated rings. The third-order valence-electron chi connectivity index (χ3n) is 6.16. The molecule has 7 nitrogen and oxygen atoms in total. The molecule has 2 aliphatic rings. The number of methoxy groups -OCH3 is 1. The lowest BCUT2D eigenvalue weighted by Crippen LogP contribution is -2.52. The number of carbonyl (C=O) groups is 4. The van der Waals surface area contributed by atoms with Gasteiger partial charge in [-0.3, -0.25) is 19.2 Å². The van der Waals surface area contributed by atoms with E-state index in [-0.39, 0.29) is 15.2 Å². The van der Waals surface area contributed by atoms with Crippen molar-refractivity contribution in [1.82, 2.24) is 10.0 Å². The van der Waals surface area contributed by atoms with E-state index in [1.54, 1.807) is 24.3 Å². The van der Waals surface area contributed by atoms with Gasteiger partial charge in [0.1, 0.15) is 12.3 Å². The van der Waals surface area contributed by atoms with E-state index in [9.17, 15) is 19.2 Å². The highest BCUT2D eigenvalue weighted by Gasteiger charge is 2.54. The number of fused-ring (bicyclic) bond motifs is 1. The Morgan fingerprint density at radius 2 is 1.44 bits per heavy atom. The highest BCUT2D eigenvalue weighted by atomic mass is 79.9. The maximum absolute atomic E-state index is 13.5. The fourth-order valence-corrected chi connectivity index (χ4v) is 5.66. The van der Waals surface area contributed by atoms with Crippen molar-refractivity contribution in [2.75, 3.05) is 13.7 Å². The molecule has 1 aliphatic carbocycles. The second-order valence-electron chi connectivity index (χ2n) is 8.23. The number of hydrogen-bond acceptors (Lipinski definition) is 5. The van der Waals surface area contributed by atoms with Crippen molar-refractivity contribution in [3.63, 3.8) is 0 Å². The molecule has 1 saturated carbocycles. The summed E-state index contributed by atoms with van der Waals surface area (Å²) in [7, 11) is 1.52. The SMILES string of the molecule is COc1ccc(C(=O)CN(C(=O)c2ccc(Cl)cc2)N2C(=O)[C@H]3C[C@@H](Br)[C@@H](Br)C[C@H]3C2=O)cc1. The number of hydrogen-bond donors (Lipinski definition) is 0. The van der Waals surface area contributed by atoms with E-state index >= 15 is 0 Å². The summed E-state index contributed by atoms with van der Waals surface area (Å²) in [5, 5.41) is 2.27. The number of benzene rings is 2. The molecule has 2 aromatic carbocycles. The van der Waals surface area contributed by atoms with Gasteiger partial charge in [0.25, 0.3) is 17.7 Å². The van der Waals surface area contributed by atoms with E-state index in [0.29, 0.717) is 29.2 Å². The van der Waals surface area contributed by atoms with E-state index < -0.39 is 41.9 Å². The van der Waals surface area contributed by atoms with Crippen molar-refractivity contribution in [3.05, 3.63) is 64.7 Å². The summed E-state index contributed by atoms with van der Waals surface area (Å²) in [6.45, 7) is -0.472. The summed E-state index contributed by atoms with van der Waals surface area (Å²) in [5.41, 5.74) is 0.534. The maximum atomic E-state index is 13.5. The Bertz CT molecular complexity index is 1100. The third-order valence-corrected chi connectivity index (χ3v) is 9.15. The van der Waals surface area contributed by atoms with Crippen LogP contribution in [0.25, 0.3) is 0 Å². The van der Waals surface area contributed by atoms with Crippen LogP contribution in [0.3, 0.4) is 0 Å². The minimum absolute atomic E-state index is 0.0202. The number of Topliss-reactive ketones (excluding diaryl/α,β-unsaturated/α-hetero) is 1. The van der Waals surface area contributed by atoms with E-state index in [4.69, 9.17) is 16.3 Å². The minimum atomic E-state index is -0.635. The Morgan fingerprint density at radius 1 is 0.941 bits per heavy atom. The van der Waals surface area contributed by atoms with E-state index in [0.717, 1.165) is 10.0 Å². The lowest BCUT2D eigenvalue weighted by molar-refractivity contribution is -0.154. The standard InChI is InChI=1S/C24H21Br2ClN2O5/c1-34-16-8-4-13(5-9-16)21(30)12-28(22(31)14-2-6-15(27)7-3-14)29-23(32)17-10-19(25)20(26)11-18(17)24(29)33/h2-9,17-20H,10-12H2,1H3/t17-,18+,19+,20-. The smallest absolute Gasteiger partial charge is 0.273 e. The molecule has 4 rings (SSSR count). The molecule has 10 heteroatoms. The molecule has 178 valence electrons. The fourth-order valence-electron chi connectivity index (χ4n) is 4.29. The van der Waals surface area contributed by atoms with Crippen molar-refractivity contribution >= 4 is 67.0 Å². The highest BCUT2D eigenvalue weighted by Crippen LogP contribution is 2.43. The maximum Gasteiger partial charge on any atom is 0.273 e. The van der Waals surface area contributed by atoms with Crippen LogP contribution in [-0.4, -0.2) is 56.8 Å². The summed E-state index contributed by atoms with van der Waals surface area (Å²) in [5.74, 6) is -2.52. The van der Waals surface area contributed by atoms with Crippen LogP contribution in [0.5, 0.6) is 5.75 Å². The van der Waals surface area contributed by atoms with Gasteiger partial charge in [0.15, 0.2) is 5.78 Å². The molecule has 1 saturated heterocycles. The number of ether oxygens (including phenoxy) is 1. The number of ketones is 1. The van der Waals surface area contributed by atoms with E-state index in [1.807, 2.05) is 0 Å². The van der Waals surface area contributed by atoms with Gasteiger partial charge >= 0.3 is 0 Å². The lowest BCUT2D eigenvalue weighted by Gasteiger charge is -2.30. The second kappa shape index (κ2) is 10.2. The summed E-state index contributed by atoms with van der Waals surface area (Å²) < 4.78 is 5.12. The van der Waals surface area contributed by atoms with Crippen LogP contribution in [0.15, 0.2) is 48.5 Å². The van der Waals surface area contributed by atoms with Crippen LogP contribution in [0, 0.1) is 11.8 Å². The number of hydrazine groups is 1. The number of imide groups is 1. The zero-order valence-electron chi connectivity index (χ0n) is 18.1. The Balaban J connectivity index is 1.67. The summed E-state index contributed by atoms with van der Waals surface area (Å²) in [6, 6.07) is 12.5. The third kappa shape index (κ3) is 4.78. The van der Waals surface area contributed by atoms with Gasteiger partial charge in [-0.05, 0) is 61.4 Å². The molecule has 1 aliphatic heterocycles. The Hall–Kier alpha value is -2.23. The van der Waals surface area contributed by atoms with Gasteiger partial charge < -0.3 is 4.74 Å². The average Bonchev–Trinajstić information content (AvgIpc) is 3.07. The van der Waals surface area contributed by atoms with Crippen molar-refractivity contribution in [1.29, 1.82) is 0 Å². The molecule has 0 radical (unpaired) electrons. The first-order valence-corrected chi connectivity index (χ1v) is 12.8. The van der Waals surface area contributed by atoms with Gasteiger partial charge in [0.2, 0.25) is 0 Å². The largest absolute Gasteiger partial charge is 0.497 e. The Kier molecular flexibility index (Phi) is 7.45. The number of alkyl halides is 2. The molecule has 0 spiro atoms. The predicted molar refractivity (Wildman–Crippen MR) is 133 cm³/mol. The normalized spacial score (nSPS) is 24.1. The van der Waals surface area contributed by atoms with Crippen LogP contribution >= 0.6 is 43.5 Å². The number of carbonyl (C=O) groups excluding carboxylic acids is 4. The highest BCUT2D eigenvalue weighted by molar-refractivity contribution is 9.12. The van der Waals surface area contributed by atoms with Crippen LogP contribution in [-0.2, 0) is 9.59 Å². The molecule has 0 N–H and O–H groups in total. The first-order chi connectivity index (χ1) is 16.2. The molecule has 0 bridgehead atoms. The number of amides is 3. The van der Waals surface area contributed by atoms with Gasteiger partial charge in [0.05, 0.1) is 18.9 Å². The molecular weight excluding hydrogens is 592 g/mol. The number of nitrogens with zero attached hydrogens (tertiary/aromatic N) is 2. The zero-order chi connectivity index (χ0) is 24.6. The topological polar surface area (TPSA) is 84.0 Å². The van der Waals surface area contributed by atoms with Gasteiger partial charge in [-0.2, -0.15) is 5.01 Å². The zero-order valence-corrected chi connectivity index (χ0v) is 22.0. The molecule has 1 heterocycles. The molecule has 4 atom stereocenters. The summed E-state index contributed by atoms with van der Waals surface area (Å²) >= 11 is 13.1. The molecule has 2 aromatic rings. The van der Waals surface area contributed by atoms with Crippen LogP contribution in [0.1, 0.15) is 33.6 Å². The van der Waals surface area contributed by atoms with Crippen molar-refractivity contribution in [2.24, 2.45) is 11.8 Å². The molecule has 3 amide bonds. The van der Waals surface area contributed by atoms with Crippen molar-refractivity contribution in [3.8, 4) is 5.75 Å². The summed E-state index contributed by atoms with van der Waals surface area (Å²) in [4.78, 5) is 53.4. The van der Waals surface area contributed by atoms with Gasteiger partial charge in [-0.15, -0.1) is 0 Å². The van der Waals surface area contributed by atoms with Gasteiger partial charge in [-0.25, -0.2) is 5.01 Å². The predicted octanol–water partition coefficient (Wildman–Crippen LogP) is 4.51. The molecule has 34 heavy (non-hydrogen) atoms. The Morgan fingerprint density at radius 3 is 1.94 bits per heavy atom. The second-order valence-corrected chi connectivity index (χ2v) is 11.0. The number of halogens is 3. The monoisotopic (exact) mass is 610 g/mol. The van der Waals surface area contributed by atoms with Crippen molar-refractivity contribution < 1.29 is 23.9 Å². The average molecular weight is 613 g/mol. The summed E-state index contributed by atoms with van der Waals surface area (Å²) in [6.07, 6.45) is 0.911. The first kappa shape index (κ1) is 24.9. The van der Waals surface area contributed by atoms with Gasteiger partial charge in [-0.1, -0.05) is 43.5 Å². The fraction of sp³-hybridized carbons (Fsp3) is 0.333. The first-order valence-electron chi connectivity index (χ1n) is 10.6. The van der Waals surface area contributed by atoms with Crippen LogP contribution in [0.4, 0.5) is 0 Å². The molecular formula is C24H21Br2ClN2O5. The quantitative estimate of drug-likeness (QED) is 0.273. The van der Waals surface area contributed by atoms with Crippen LogP contribution in [0.2, 0.25) is 5.02 Å². The minimum Gasteiger partial charge on any atom is -0.497 e. The van der Waals surface area contributed by atoms with E-state index in [2.05, 4.69) is 31.9 Å². The van der Waals surface area contributed by atoms with E-state index in [1.165, 1.54) is 31.4 Å². The lowest BCUT2D eigenvalue weighted by atomic mass is 9.81. The molecule has 0 aromatic heterocycles. The molecule has 0 unspecified atom stereocenters. The van der Waals surface area contributed by atoms with Crippen LogP contribution < -0.4 is 4.74 Å². The van der Waals surface area contributed by atoms with Gasteiger partial charge in [0, 0.05) is 25.8 Å². The van der Waals surface area contributed by atoms with Crippen molar-refractivity contribution in [2.45, 2.75) is 22.5 Å². The number of rotatable bonds is 6.